The second kappa shape index (κ2) is 6.37. The maximum absolute atomic E-state index is 12.4. The van der Waals surface area contributed by atoms with Gasteiger partial charge in [-0.1, -0.05) is 0 Å². The summed E-state index contributed by atoms with van der Waals surface area (Å²) in [4.78, 5) is 25.5. The molecule has 108 valence electrons. The number of nitrogens with one attached hydrogen (secondary N) is 1. The first-order valence-corrected chi connectivity index (χ1v) is 7.20. The van der Waals surface area contributed by atoms with Gasteiger partial charge in [-0.3, -0.25) is 9.59 Å². The van der Waals surface area contributed by atoms with Crippen molar-refractivity contribution in [1.82, 2.24) is 10.2 Å². The van der Waals surface area contributed by atoms with Crippen molar-refractivity contribution in [2.45, 2.75) is 51.2 Å². The molecule has 0 aromatic heterocycles. The first-order chi connectivity index (χ1) is 9.11. The number of hydrogen-bond donors (Lipinski definition) is 1. The maximum atomic E-state index is 12.4. The molecule has 0 aromatic carbocycles. The zero-order valence-corrected chi connectivity index (χ0v) is 11.9. The lowest BCUT2D eigenvalue weighted by molar-refractivity contribution is -0.137. The molecule has 0 unspecified atom stereocenters. The van der Waals surface area contributed by atoms with Gasteiger partial charge in [0.05, 0.1) is 12.1 Å². The van der Waals surface area contributed by atoms with E-state index in [0.29, 0.717) is 0 Å². The first-order valence-electron chi connectivity index (χ1n) is 7.20. The molecule has 1 aliphatic carbocycles. The van der Waals surface area contributed by atoms with Crippen molar-refractivity contribution in [3.05, 3.63) is 0 Å². The smallest absolute Gasteiger partial charge is 0.225 e. The third kappa shape index (κ3) is 3.47. The van der Waals surface area contributed by atoms with E-state index in [4.69, 9.17) is 4.74 Å². The third-order valence-electron chi connectivity index (χ3n) is 4.25. The van der Waals surface area contributed by atoms with Gasteiger partial charge in [0, 0.05) is 33.0 Å². The van der Waals surface area contributed by atoms with Crippen LogP contribution in [0, 0.1) is 5.92 Å². The van der Waals surface area contributed by atoms with Crippen molar-refractivity contribution in [2.75, 3.05) is 20.2 Å². The van der Waals surface area contributed by atoms with Gasteiger partial charge < -0.3 is 15.0 Å². The molecule has 1 saturated carbocycles. The standard InChI is InChI=1S/C14H24N2O3/c1-10(17)15-12-6-5-11(9-13(12)19-2)14(18)16-7-3-4-8-16/h11-13H,3-9H2,1-2H3,(H,15,17)/t11-,12-,13-/m0/s1. The van der Waals surface area contributed by atoms with Crippen LogP contribution in [-0.2, 0) is 14.3 Å². The Morgan fingerprint density at radius 3 is 2.47 bits per heavy atom. The highest BCUT2D eigenvalue weighted by molar-refractivity contribution is 5.79. The minimum Gasteiger partial charge on any atom is -0.379 e. The summed E-state index contributed by atoms with van der Waals surface area (Å²) in [6.45, 7) is 3.33. The zero-order chi connectivity index (χ0) is 13.8. The fourth-order valence-electron chi connectivity index (χ4n) is 3.24. The fraction of sp³-hybridized carbons (Fsp3) is 0.857. The average molecular weight is 268 g/mol. The van der Waals surface area contributed by atoms with Crippen LogP contribution in [0.5, 0.6) is 0 Å². The summed E-state index contributed by atoms with van der Waals surface area (Å²) in [6.07, 6.45) is 4.59. The minimum atomic E-state index is -0.0470. The van der Waals surface area contributed by atoms with Gasteiger partial charge in [0.1, 0.15) is 0 Å². The Labute approximate surface area is 114 Å². The molecule has 2 amide bonds. The molecule has 1 aliphatic heterocycles. The second-order valence-corrected chi connectivity index (χ2v) is 5.62. The Hall–Kier alpha value is -1.10. The van der Waals surface area contributed by atoms with E-state index in [1.54, 1.807) is 7.11 Å². The number of likely N-dealkylation sites (tertiary alicyclic amines) is 1. The van der Waals surface area contributed by atoms with Crippen LogP contribution in [0.1, 0.15) is 39.0 Å². The van der Waals surface area contributed by atoms with Gasteiger partial charge in [0.15, 0.2) is 0 Å². The van der Waals surface area contributed by atoms with Gasteiger partial charge >= 0.3 is 0 Å². The highest BCUT2D eigenvalue weighted by Crippen LogP contribution is 2.29. The summed E-state index contributed by atoms with van der Waals surface area (Å²) >= 11 is 0. The van der Waals surface area contributed by atoms with Crippen LogP contribution in [0.4, 0.5) is 0 Å². The van der Waals surface area contributed by atoms with E-state index >= 15 is 0 Å². The molecule has 2 rings (SSSR count). The summed E-state index contributed by atoms with van der Waals surface area (Å²) in [7, 11) is 1.65. The maximum Gasteiger partial charge on any atom is 0.225 e. The molecular weight excluding hydrogens is 244 g/mol. The fourth-order valence-corrected chi connectivity index (χ4v) is 3.24. The van der Waals surface area contributed by atoms with E-state index in [-0.39, 0.29) is 29.9 Å². The van der Waals surface area contributed by atoms with Crippen molar-refractivity contribution in [1.29, 1.82) is 0 Å². The number of carbonyl (C=O) groups is 2. The number of ether oxygens (including phenoxy) is 1. The molecule has 3 atom stereocenters. The Morgan fingerprint density at radius 2 is 1.89 bits per heavy atom. The summed E-state index contributed by atoms with van der Waals surface area (Å²) in [5.41, 5.74) is 0. The highest BCUT2D eigenvalue weighted by atomic mass is 16.5. The Morgan fingerprint density at radius 1 is 1.21 bits per heavy atom. The van der Waals surface area contributed by atoms with Gasteiger partial charge in [0.2, 0.25) is 11.8 Å². The Bertz CT molecular complexity index is 340. The minimum absolute atomic E-state index is 0.0311. The summed E-state index contributed by atoms with van der Waals surface area (Å²) in [5, 5.41) is 2.92. The van der Waals surface area contributed by atoms with E-state index in [0.717, 1.165) is 45.2 Å². The lowest BCUT2D eigenvalue weighted by Gasteiger charge is -2.36. The zero-order valence-electron chi connectivity index (χ0n) is 11.9. The van der Waals surface area contributed by atoms with Crippen molar-refractivity contribution < 1.29 is 14.3 Å². The lowest BCUT2D eigenvalue weighted by atomic mass is 9.83. The Kier molecular flexibility index (Phi) is 4.80. The quantitative estimate of drug-likeness (QED) is 0.828. The summed E-state index contributed by atoms with van der Waals surface area (Å²) in [6, 6.07) is 0.0464. The molecule has 19 heavy (non-hydrogen) atoms. The van der Waals surface area contributed by atoms with Gasteiger partial charge in [-0.25, -0.2) is 0 Å². The highest BCUT2D eigenvalue weighted by Gasteiger charge is 2.36. The number of amides is 2. The molecule has 5 heteroatoms. The number of methoxy groups -OCH3 is 1. The van der Waals surface area contributed by atoms with Gasteiger partial charge in [-0.05, 0) is 32.1 Å². The molecule has 1 saturated heterocycles. The van der Waals surface area contributed by atoms with Crippen molar-refractivity contribution in [2.24, 2.45) is 5.92 Å². The molecule has 2 fully saturated rings. The number of carbonyl (C=O) groups excluding carboxylic acids is 2. The van der Waals surface area contributed by atoms with Gasteiger partial charge in [-0.15, -0.1) is 0 Å². The van der Waals surface area contributed by atoms with Crippen LogP contribution in [0.2, 0.25) is 0 Å². The summed E-state index contributed by atoms with van der Waals surface area (Å²) in [5.74, 6) is 0.310. The predicted octanol–water partition coefficient (Wildman–Crippen LogP) is 0.929. The average Bonchev–Trinajstić information content (AvgIpc) is 2.91. The van der Waals surface area contributed by atoms with E-state index in [9.17, 15) is 9.59 Å². The molecule has 0 radical (unpaired) electrons. The summed E-state index contributed by atoms with van der Waals surface area (Å²) < 4.78 is 5.46. The van der Waals surface area contributed by atoms with Gasteiger partial charge in [0.25, 0.3) is 0 Å². The second-order valence-electron chi connectivity index (χ2n) is 5.62. The third-order valence-corrected chi connectivity index (χ3v) is 4.25. The topological polar surface area (TPSA) is 58.6 Å². The largest absolute Gasteiger partial charge is 0.379 e. The SMILES string of the molecule is CO[C@H]1C[C@@H](C(=O)N2CCCC2)CC[C@@H]1NC(C)=O. The van der Waals surface area contributed by atoms with Gasteiger partial charge in [-0.2, -0.15) is 0 Å². The monoisotopic (exact) mass is 268 g/mol. The molecule has 0 spiro atoms. The molecule has 1 heterocycles. The van der Waals surface area contributed by atoms with Crippen LogP contribution in [0.3, 0.4) is 0 Å². The van der Waals surface area contributed by atoms with Crippen molar-refractivity contribution in [3.63, 3.8) is 0 Å². The van der Waals surface area contributed by atoms with Crippen molar-refractivity contribution >= 4 is 11.8 Å². The van der Waals surface area contributed by atoms with Crippen molar-refractivity contribution in [3.8, 4) is 0 Å². The molecule has 0 aromatic rings. The van der Waals surface area contributed by atoms with E-state index in [2.05, 4.69) is 5.32 Å². The lowest BCUT2D eigenvalue weighted by Crippen LogP contribution is -2.49. The first kappa shape index (κ1) is 14.3. The molecule has 1 N–H and O–H groups in total. The number of hydrogen-bond acceptors (Lipinski definition) is 3. The normalized spacial score (nSPS) is 31.3. The Balaban J connectivity index is 1.92. The molecular formula is C14H24N2O3. The molecule has 5 nitrogen and oxygen atoms in total. The van der Waals surface area contributed by atoms with Crippen LogP contribution in [-0.4, -0.2) is 49.1 Å². The van der Waals surface area contributed by atoms with Crippen LogP contribution in [0.15, 0.2) is 0 Å². The van der Waals surface area contributed by atoms with E-state index in [1.165, 1.54) is 6.92 Å². The number of nitrogens with zero attached hydrogens (tertiary/aromatic N) is 1. The van der Waals surface area contributed by atoms with Crippen LogP contribution >= 0.6 is 0 Å². The predicted molar refractivity (Wildman–Crippen MR) is 71.6 cm³/mol. The van der Waals surface area contributed by atoms with E-state index < -0.39 is 0 Å². The molecule has 2 aliphatic rings. The van der Waals surface area contributed by atoms with Crippen LogP contribution < -0.4 is 5.32 Å². The van der Waals surface area contributed by atoms with Crippen LogP contribution in [0.25, 0.3) is 0 Å². The number of rotatable bonds is 3. The molecule has 0 bridgehead atoms. The van der Waals surface area contributed by atoms with E-state index in [1.807, 2.05) is 4.90 Å².